The molecule has 0 bridgehead atoms. The van der Waals surface area contributed by atoms with Crippen LogP contribution in [0.5, 0.6) is 0 Å². The lowest BCUT2D eigenvalue weighted by Crippen LogP contribution is -2.27. The van der Waals surface area contributed by atoms with Crippen LogP contribution < -0.4 is 11.1 Å². The summed E-state index contributed by atoms with van der Waals surface area (Å²) in [6, 6.07) is 6.43. The van der Waals surface area contributed by atoms with E-state index in [-0.39, 0.29) is 0 Å². The number of nitrogens with one attached hydrogen (secondary N) is 1. The first-order valence-corrected chi connectivity index (χ1v) is 7.96. The number of rotatable bonds is 3. The van der Waals surface area contributed by atoms with Gasteiger partial charge < -0.3 is 11.1 Å². The van der Waals surface area contributed by atoms with Crippen LogP contribution in [0.2, 0.25) is 0 Å². The fourth-order valence-electron chi connectivity index (χ4n) is 2.95. The number of anilines is 2. The zero-order chi connectivity index (χ0) is 13.2. The summed E-state index contributed by atoms with van der Waals surface area (Å²) >= 11 is 1.70. The van der Waals surface area contributed by atoms with Gasteiger partial charge in [-0.1, -0.05) is 30.6 Å². The molecule has 0 aliphatic heterocycles. The number of fused-ring (bicyclic) bond motifs is 1. The summed E-state index contributed by atoms with van der Waals surface area (Å²) < 4.78 is 1.17. The number of nitrogens with two attached hydrogens (primary N) is 1. The maximum Gasteiger partial charge on any atom is 0.184 e. The molecule has 2 aromatic rings. The molecular formula is C15H21N3S. The molecule has 0 amide bonds. The minimum Gasteiger partial charge on any atom is -0.399 e. The van der Waals surface area contributed by atoms with Crippen LogP contribution in [0.25, 0.3) is 10.2 Å². The van der Waals surface area contributed by atoms with Gasteiger partial charge in [0.1, 0.15) is 0 Å². The third-order valence-corrected chi connectivity index (χ3v) is 5.07. The molecule has 1 heterocycles. The SMILES string of the molecule is CC(Nc1nc2ccc(N)cc2s1)C1CCCCC1. The molecule has 3 N–H and O–H groups in total. The summed E-state index contributed by atoms with van der Waals surface area (Å²) in [4.78, 5) is 4.64. The van der Waals surface area contributed by atoms with Crippen molar-refractivity contribution in [2.75, 3.05) is 11.1 Å². The Morgan fingerprint density at radius 2 is 2.11 bits per heavy atom. The Morgan fingerprint density at radius 3 is 2.89 bits per heavy atom. The van der Waals surface area contributed by atoms with Crippen molar-refractivity contribution in [3.63, 3.8) is 0 Å². The Hall–Kier alpha value is -1.29. The largest absolute Gasteiger partial charge is 0.399 e. The summed E-state index contributed by atoms with van der Waals surface area (Å²) in [6.07, 6.45) is 6.88. The number of nitrogen functional groups attached to an aromatic ring is 1. The molecule has 1 unspecified atom stereocenters. The molecular weight excluding hydrogens is 254 g/mol. The molecule has 3 rings (SSSR count). The fourth-order valence-corrected chi connectivity index (χ4v) is 3.96. The Kier molecular flexibility index (Phi) is 3.60. The number of benzene rings is 1. The van der Waals surface area contributed by atoms with Crippen LogP contribution in [0.1, 0.15) is 39.0 Å². The molecule has 1 atom stereocenters. The second kappa shape index (κ2) is 5.37. The topological polar surface area (TPSA) is 50.9 Å². The molecule has 102 valence electrons. The zero-order valence-corrected chi connectivity index (χ0v) is 12.2. The van der Waals surface area contributed by atoms with Gasteiger partial charge in [-0.25, -0.2) is 4.98 Å². The highest BCUT2D eigenvalue weighted by Crippen LogP contribution is 2.31. The predicted molar refractivity (Wildman–Crippen MR) is 83.7 cm³/mol. The Bertz CT molecular complexity index is 558. The van der Waals surface area contributed by atoms with Gasteiger partial charge in [-0.15, -0.1) is 0 Å². The van der Waals surface area contributed by atoms with E-state index in [1.807, 2.05) is 18.2 Å². The molecule has 0 saturated heterocycles. The monoisotopic (exact) mass is 275 g/mol. The molecule has 19 heavy (non-hydrogen) atoms. The highest BCUT2D eigenvalue weighted by molar-refractivity contribution is 7.22. The number of thiazole rings is 1. The number of aromatic nitrogens is 1. The van der Waals surface area contributed by atoms with Gasteiger partial charge in [0, 0.05) is 11.7 Å². The van der Waals surface area contributed by atoms with E-state index in [0.717, 1.165) is 22.3 Å². The average molecular weight is 275 g/mol. The first-order valence-electron chi connectivity index (χ1n) is 7.15. The molecule has 0 spiro atoms. The quantitative estimate of drug-likeness (QED) is 0.823. The Morgan fingerprint density at radius 1 is 1.32 bits per heavy atom. The zero-order valence-electron chi connectivity index (χ0n) is 11.4. The summed E-state index contributed by atoms with van der Waals surface area (Å²) in [5, 5.41) is 4.61. The van der Waals surface area contributed by atoms with Gasteiger partial charge in [0.15, 0.2) is 5.13 Å². The maximum absolute atomic E-state index is 5.81. The van der Waals surface area contributed by atoms with Crippen LogP contribution in [0.15, 0.2) is 18.2 Å². The first-order chi connectivity index (χ1) is 9.22. The van der Waals surface area contributed by atoms with Crippen LogP contribution in [0.4, 0.5) is 10.8 Å². The second-order valence-electron chi connectivity index (χ2n) is 5.58. The minimum absolute atomic E-state index is 0.512. The third-order valence-electron chi connectivity index (χ3n) is 4.12. The van der Waals surface area contributed by atoms with Gasteiger partial charge in [0.25, 0.3) is 0 Å². The molecule has 1 saturated carbocycles. The van der Waals surface area contributed by atoms with Crippen molar-refractivity contribution in [3.05, 3.63) is 18.2 Å². The van der Waals surface area contributed by atoms with Gasteiger partial charge in [-0.2, -0.15) is 0 Å². The molecule has 3 nitrogen and oxygen atoms in total. The Balaban J connectivity index is 1.73. The van der Waals surface area contributed by atoms with Crippen molar-refractivity contribution < 1.29 is 0 Å². The predicted octanol–water partition coefficient (Wildman–Crippen LogP) is 4.26. The minimum atomic E-state index is 0.512. The van der Waals surface area contributed by atoms with Crippen LogP contribution in [-0.2, 0) is 0 Å². The van der Waals surface area contributed by atoms with Crippen molar-refractivity contribution in [2.24, 2.45) is 5.92 Å². The van der Waals surface area contributed by atoms with Crippen LogP contribution in [0.3, 0.4) is 0 Å². The van der Waals surface area contributed by atoms with E-state index in [0.29, 0.717) is 6.04 Å². The molecule has 1 aromatic carbocycles. The van der Waals surface area contributed by atoms with E-state index in [1.165, 1.54) is 36.8 Å². The Labute approximate surface area is 118 Å². The van der Waals surface area contributed by atoms with E-state index in [4.69, 9.17) is 5.73 Å². The highest BCUT2D eigenvalue weighted by Gasteiger charge is 2.20. The van der Waals surface area contributed by atoms with Gasteiger partial charge in [-0.3, -0.25) is 0 Å². The van der Waals surface area contributed by atoms with Crippen LogP contribution >= 0.6 is 11.3 Å². The van der Waals surface area contributed by atoms with E-state index in [9.17, 15) is 0 Å². The molecule has 1 aliphatic carbocycles. The summed E-state index contributed by atoms with van der Waals surface area (Å²) in [6.45, 7) is 2.29. The number of hydrogen-bond donors (Lipinski definition) is 2. The summed E-state index contributed by atoms with van der Waals surface area (Å²) in [5.74, 6) is 0.797. The van der Waals surface area contributed by atoms with Gasteiger partial charge in [-0.05, 0) is 43.9 Å². The van der Waals surface area contributed by atoms with E-state index >= 15 is 0 Å². The van der Waals surface area contributed by atoms with Gasteiger partial charge in [0.05, 0.1) is 10.2 Å². The molecule has 1 fully saturated rings. The molecule has 1 aromatic heterocycles. The van der Waals surface area contributed by atoms with E-state index in [1.54, 1.807) is 11.3 Å². The van der Waals surface area contributed by atoms with Gasteiger partial charge in [0.2, 0.25) is 0 Å². The standard InChI is InChI=1S/C15H21N3S/c1-10(11-5-3-2-4-6-11)17-15-18-13-8-7-12(16)9-14(13)19-15/h7-11H,2-6,16H2,1H3,(H,17,18). The summed E-state index contributed by atoms with van der Waals surface area (Å²) in [7, 11) is 0. The number of nitrogens with zero attached hydrogens (tertiary/aromatic N) is 1. The smallest absolute Gasteiger partial charge is 0.184 e. The van der Waals surface area contributed by atoms with E-state index < -0.39 is 0 Å². The number of hydrogen-bond acceptors (Lipinski definition) is 4. The lowest BCUT2D eigenvalue weighted by Gasteiger charge is -2.28. The van der Waals surface area contributed by atoms with Crippen molar-refractivity contribution in [1.29, 1.82) is 0 Å². The second-order valence-corrected chi connectivity index (χ2v) is 6.61. The molecule has 1 aliphatic rings. The highest BCUT2D eigenvalue weighted by atomic mass is 32.1. The van der Waals surface area contributed by atoms with E-state index in [2.05, 4.69) is 17.2 Å². The van der Waals surface area contributed by atoms with Crippen LogP contribution in [-0.4, -0.2) is 11.0 Å². The maximum atomic E-state index is 5.81. The van der Waals surface area contributed by atoms with Crippen molar-refractivity contribution in [3.8, 4) is 0 Å². The fraction of sp³-hybridized carbons (Fsp3) is 0.533. The average Bonchev–Trinajstić information content (AvgIpc) is 2.81. The normalized spacial score (nSPS) is 18.6. The van der Waals surface area contributed by atoms with Gasteiger partial charge >= 0.3 is 0 Å². The summed E-state index contributed by atoms with van der Waals surface area (Å²) in [5.41, 5.74) is 7.66. The third kappa shape index (κ3) is 2.84. The van der Waals surface area contributed by atoms with Crippen molar-refractivity contribution >= 4 is 32.4 Å². The van der Waals surface area contributed by atoms with Crippen LogP contribution in [0, 0.1) is 5.92 Å². The lowest BCUT2D eigenvalue weighted by molar-refractivity contribution is 0.328. The lowest BCUT2D eigenvalue weighted by atomic mass is 9.85. The molecule has 0 radical (unpaired) electrons. The van der Waals surface area contributed by atoms with Crippen molar-refractivity contribution in [1.82, 2.24) is 4.98 Å². The van der Waals surface area contributed by atoms with Crippen molar-refractivity contribution in [2.45, 2.75) is 45.1 Å². The first kappa shape index (κ1) is 12.7. The molecule has 4 heteroatoms.